The third kappa shape index (κ3) is 2.48. The Morgan fingerprint density at radius 3 is 2.86 bits per heavy atom. The molecule has 2 aromatic rings. The lowest BCUT2D eigenvalue weighted by molar-refractivity contribution is 0.170. The van der Waals surface area contributed by atoms with E-state index in [1.54, 1.807) is 0 Å². The van der Waals surface area contributed by atoms with Gasteiger partial charge in [0, 0.05) is 19.0 Å². The Morgan fingerprint density at radius 1 is 1.33 bits per heavy atom. The molecule has 3 rings (SSSR count). The molecule has 0 bridgehead atoms. The predicted molar refractivity (Wildman–Crippen MR) is 85.7 cm³/mol. The lowest BCUT2D eigenvalue weighted by Crippen LogP contribution is -2.15. The maximum absolute atomic E-state index is 6.20. The summed E-state index contributed by atoms with van der Waals surface area (Å²) >= 11 is 3.53. The van der Waals surface area contributed by atoms with Gasteiger partial charge in [-0.2, -0.15) is 0 Å². The van der Waals surface area contributed by atoms with Crippen LogP contribution in [0.4, 0.5) is 5.82 Å². The molecule has 0 amide bonds. The van der Waals surface area contributed by atoms with Gasteiger partial charge in [-0.3, -0.25) is 0 Å². The van der Waals surface area contributed by atoms with Crippen LogP contribution < -0.4 is 15.2 Å². The summed E-state index contributed by atoms with van der Waals surface area (Å²) in [7, 11) is 1.95. The molecule has 0 spiro atoms. The smallest absolute Gasteiger partial charge is 0.175 e. The first-order chi connectivity index (χ1) is 10.1. The van der Waals surface area contributed by atoms with Gasteiger partial charge in [-0.25, -0.2) is 4.98 Å². The number of aromatic nitrogens is 2. The maximum atomic E-state index is 6.20. The number of hydrogen-bond donors (Lipinski definition) is 1. The summed E-state index contributed by atoms with van der Waals surface area (Å²) in [5.74, 6) is 3.14. The molecule has 112 valence electrons. The number of fused-ring (bicyclic) bond motifs is 1. The van der Waals surface area contributed by atoms with Gasteiger partial charge in [0.1, 0.15) is 30.5 Å². The number of aryl methyl sites for hydroxylation is 1. The summed E-state index contributed by atoms with van der Waals surface area (Å²) in [5, 5.41) is 0. The van der Waals surface area contributed by atoms with E-state index in [1.807, 2.05) is 23.7 Å². The molecule has 0 atom stereocenters. The molecule has 0 saturated carbocycles. The zero-order valence-electron chi connectivity index (χ0n) is 12.1. The van der Waals surface area contributed by atoms with E-state index in [9.17, 15) is 0 Å². The van der Waals surface area contributed by atoms with Crippen LogP contribution in [-0.2, 0) is 13.5 Å². The van der Waals surface area contributed by atoms with E-state index in [-0.39, 0.29) is 0 Å². The van der Waals surface area contributed by atoms with Gasteiger partial charge >= 0.3 is 0 Å². The highest BCUT2D eigenvalue weighted by Crippen LogP contribution is 2.42. The highest BCUT2D eigenvalue weighted by Gasteiger charge is 2.20. The number of imidazole rings is 1. The van der Waals surface area contributed by atoms with Crippen molar-refractivity contribution in [2.24, 2.45) is 7.05 Å². The zero-order chi connectivity index (χ0) is 15.0. The van der Waals surface area contributed by atoms with Gasteiger partial charge in [0.25, 0.3) is 0 Å². The Hall–Kier alpha value is -1.69. The summed E-state index contributed by atoms with van der Waals surface area (Å²) in [4.78, 5) is 4.68. The van der Waals surface area contributed by atoms with Crippen LogP contribution in [0.3, 0.4) is 0 Å². The fourth-order valence-electron chi connectivity index (χ4n) is 2.47. The number of rotatable bonds is 3. The van der Waals surface area contributed by atoms with Gasteiger partial charge in [-0.1, -0.05) is 6.92 Å². The Kier molecular flexibility index (Phi) is 3.80. The monoisotopic (exact) mass is 351 g/mol. The van der Waals surface area contributed by atoms with Crippen LogP contribution >= 0.6 is 15.9 Å². The van der Waals surface area contributed by atoms with Gasteiger partial charge in [-0.05, 0) is 34.5 Å². The van der Waals surface area contributed by atoms with Gasteiger partial charge in [0.15, 0.2) is 11.5 Å². The minimum atomic E-state index is 0.557. The van der Waals surface area contributed by atoms with Crippen molar-refractivity contribution in [3.8, 4) is 22.8 Å². The molecular formula is C15H18BrN3O2. The number of ether oxygens (including phenoxy) is 2. The molecule has 21 heavy (non-hydrogen) atoms. The maximum Gasteiger partial charge on any atom is 0.175 e. The van der Waals surface area contributed by atoms with Crippen LogP contribution in [0.2, 0.25) is 0 Å². The molecule has 1 aliphatic heterocycles. The Balaban J connectivity index is 2.08. The SMILES string of the molecule is CCCc1nc(-c2cc(Br)c3c(c2)OCCO3)c(N)n1C. The van der Waals surface area contributed by atoms with E-state index in [4.69, 9.17) is 15.2 Å². The van der Waals surface area contributed by atoms with E-state index in [0.29, 0.717) is 19.0 Å². The number of anilines is 1. The molecule has 6 heteroatoms. The number of benzene rings is 1. The van der Waals surface area contributed by atoms with E-state index in [2.05, 4.69) is 27.8 Å². The Bertz CT molecular complexity index is 682. The number of nitrogens with zero attached hydrogens (tertiary/aromatic N) is 2. The first kappa shape index (κ1) is 14.3. The first-order valence-electron chi connectivity index (χ1n) is 7.02. The highest BCUT2D eigenvalue weighted by atomic mass is 79.9. The summed E-state index contributed by atoms with van der Waals surface area (Å²) in [6, 6.07) is 3.91. The van der Waals surface area contributed by atoms with E-state index >= 15 is 0 Å². The van der Waals surface area contributed by atoms with Crippen LogP contribution in [0.5, 0.6) is 11.5 Å². The third-order valence-corrected chi connectivity index (χ3v) is 4.16. The van der Waals surface area contributed by atoms with Crippen molar-refractivity contribution in [3.63, 3.8) is 0 Å². The van der Waals surface area contributed by atoms with E-state index in [0.717, 1.165) is 45.9 Å². The molecule has 2 N–H and O–H groups in total. The van der Waals surface area contributed by atoms with Crippen LogP contribution in [0.15, 0.2) is 16.6 Å². The second-order valence-corrected chi connectivity index (χ2v) is 5.91. The fourth-order valence-corrected chi connectivity index (χ4v) is 3.02. The molecule has 0 unspecified atom stereocenters. The van der Waals surface area contributed by atoms with Gasteiger partial charge in [-0.15, -0.1) is 0 Å². The van der Waals surface area contributed by atoms with Crippen molar-refractivity contribution in [3.05, 3.63) is 22.4 Å². The second-order valence-electron chi connectivity index (χ2n) is 5.05. The van der Waals surface area contributed by atoms with Gasteiger partial charge in [0.2, 0.25) is 0 Å². The normalized spacial score (nSPS) is 13.5. The predicted octanol–water partition coefficient (Wildman–Crippen LogP) is 3.16. The second kappa shape index (κ2) is 5.60. The van der Waals surface area contributed by atoms with Crippen molar-refractivity contribution < 1.29 is 9.47 Å². The number of nitrogen functional groups attached to an aromatic ring is 1. The average molecular weight is 352 g/mol. The average Bonchev–Trinajstić information content (AvgIpc) is 2.76. The number of nitrogens with two attached hydrogens (primary N) is 1. The van der Waals surface area contributed by atoms with Crippen LogP contribution in [0.1, 0.15) is 19.2 Å². The lowest BCUT2D eigenvalue weighted by atomic mass is 10.1. The molecule has 0 fully saturated rings. The lowest BCUT2D eigenvalue weighted by Gasteiger charge is -2.20. The first-order valence-corrected chi connectivity index (χ1v) is 7.81. The summed E-state index contributed by atoms with van der Waals surface area (Å²) in [6.45, 7) is 3.25. The zero-order valence-corrected chi connectivity index (χ0v) is 13.7. The Morgan fingerprint density at radius 2 is 2.10 bits per heavy atom. The molecule has 1 aromatic heterocycles. The van der Waals surface area contributed by atoms with E-state index < -0.39 is 0 Å². The minimum absolute atomic E-state index is 0.557. The molecule has 1 aromatic carbocycles. The van der Waals surface area contributed by atoms with Gasteiger partial charge < -0.3 is 19.8 Å². The molecule has 0 radical (unpaired) electrons. The Labute approximate surface area is 132 Å². The number of halogens is 1. The van der Waals surface area contributed by atoms with Gasteiger partial charge in [0.05, 0.1) is 4.47 Å². The van der Waals surface area contributed by atoms with Crippen LogP contribution in [-0.4, -0.2) is 22.8 Å². The summed E-state index contributed by atoms with van der Waals surface area (Å²) in [5.41, 5.74) is 7.93. The molecular weight excluding hydrogens is 334 g/mol. The molecule has 0 saturated heterocycles. The summed E-state index contributed by atoms with van der Waals surface area (Å²) < 4.78 is 14.1. The van der Waals surface area contributed by atoms with Crippen molar-refractivity contribution in [2.45, 2.75) is 19.8 Å². The quantitative estimate of drug-likeness (QED) is 0.922. The van der Waals surface area contributed by atoms with Crippen LogP contribution in [0.25, 0.3) is 11.3 Å². The highest BCUT2D eigenvalue weighted by molar-refractivity contribution is 9.10. The fraction of sp³-hybridized carbons (Fsp3) is 0.400. The summed E-state index contributed by atoms with van der Waals surface area (Å²) in [6.07, 6.45) is 1.95. The van der Waals surface area contributed by atoms with Crippen molar-refractivity contribution in [2.75, 3.05) is 18.9 Å². The molecule has 1 aliphatic rings. The standard InChI is InChI=1S/C15H18BrN3O2/c1-3-4-12-18-13(15(17)19(12)2)9-7-10(16)14-11(8-9)20-5-6-21-14/h7-8H,3-6,17H2,1-2H3. The molecule has 5 nitrogen and oxygen atoms in total. The minimum Gasteiger partial charge on any atom is -0.486 e. The number of hydrogen-bond acceptors (Lipinski definition) is 4. The topological polar surface area (TPSA) is 62.3 Å². The van der Waals surface area contributed by atoms with E-state index in [1.165, 1.54) is 0 Å². The van der Waals surface area contributed by atoms with Crippen LogP contribution in [0, 0.1) is 0 Å². The molecule has 2 heterocycles. The third-order valence-electron chi connectivity index (χ3n) is 3.58. The van der Waals surface area contributed by atoms with Crippen molar-refractivity contribution in [1.82, 2.24) is 9.55 Å². The van der Waals surface area contributed by atoms with Crippen molar-refractivity contribution >= 4 is 21.7 Å². The largest absolute Gasteiger partial charge is 0.486 e. The molecule has 0 aliphatic carbocycles. The van der Waals surface area contributed by atoms with Crippen molar-refractivity contribution in [1.29, 1.82) is 0 Å².